The number of fused-ring (bicyclic) bond motifs is 6. The van der Waals surface area contributed by atoms with Crippen LogP contribution in [0.25, 0.3) is 22.3 Å². The lowest BCUT2D eigenvalue weighted by Crippen LogP contribution is -2.14. The number of benzene rings is 4. The molecule has 0 unspecified atom stereocenters. The molecule has 2 aliphatic carbocycles. The molecule has 0 N–H and O–H groups in total. The standard InChI is InChI=1S/C23H30.C21H24Br2/c1-14-9-16-11-17-10-15(2)21(23(6,7)8)13-19(17)18(16)12-20(14)22(3,4)5;1-20(2,3)16-10-14-12(8-18(16)22)7-13-9-19(23)17(11-15(13)14)21(4,5)6/h9-10,12-13H,11H2,1-8H3;8-11H,7H2,1-6H3. The summed E-state index contributed by atoms with van der Waals surface area (Å²) in [5.41, 5.74) is 20.8. The number of halogens is 2. The van der Waals surface area contributed by atoms with Crippen molar-refractivity contribution in [3.05, 3.63) is 113 Å². The Morgan fingerprint density at radius 3 is 0.870 bits per heavy atom. The third-order valence-electron chi connectivity index (χ3n) is 9.86. The van der Waals surface area contributed by atoms with Gasteiger partial charge in [0.15, 0.2) is 0 Å². The zero-order chi connectivity index (χ0) is 34.3. The van der Waals surface area contributed by atoms with E-state index in [0.29, 0.717) is 0 Å². The second-order valence-electron chi connectivity index (χ2n) is 18.0. The Morgan fingerprint density at radius 1 is 0.370 bits per heavy atom. The normalized spacial score (nSPS) is 13.9. The highest BCUT2D eigenvalue weighted by Gasteiger charge is 2.29. The third kappa shape index (κ3) is 6.73. The fraction of sp³-hybridized carbons (Fsp3) is 0.455. The Labute approximate surface area is 297 Å². The van der Waals surface area contributed by atoms with E-state index in [9.17, 15) is 0 Å². The van der Waals surface area contributed by atoms with Gasteiger partial charge in [0.25, 0.3) is 0 Å². The average molecular weight is 743 g/mol. The first-order valence-electron chi connectivity index (χ1n) is 16.9. The second kappa shape index (κ2) is 11.8. The lowest BCUT2D eigenvalue weighted by molar-refractivity contribution is 0.585. The van der Waals surface area contributed by atoms with Crippen LogP contribution in [-0.2, 0) is 34.5 Å². The summed E-state index contributed by atoms with van der Waals surface area (Å²) >= 11 is 7.56. The highest BCUT2D eigenvalue weighted by Crippen LogP contribution is 2.46. The predicted molar refractivity (Wildman–Crippen MR) is 209 cm³/mol. The molecule has 0 spiro atoms. The van der Waals surface area contributed by atoms with Crippen LogP contribution in [0.5, 0.6) is 0 Å². The minimum Gasteiger partial charge on any atom is -0.0561 e. The molecule has 0 saturated heterocycles. The van der Waals surface area contributed by atoms with Gasteiger partial charge >= 0.3 is 0 Å². The summed E-state index contributed by atoms with van der Waals surface area (Å²) in [6, 6.07) is 19.2. The zero-order valence-corrected chi connectivity index (χ0v) is 34.0. The van der Waals surface area contributed by atoms with Gasteiger partial charge in [-0.25, -0.2) is 0 Å². The first-order valence-corrected chi connectivity index (χ1v) is 18.5. The molecule has 0 fully saturated rings. The Morgan fingerprint density at radius 2 is 0.609 bits per heavy atom. The average Bonchev–Trinajstić information content (AvgIpc) is 3.39. The van der Waals surface area contributed by atoms with Crippen molar-refractivity contribution in [2.75, 3.05) is 0 Å². The van der Waals surface area contributed by atoms with E-state index < -0.39 is 0 Å². The van der Waals surface area contributed by atoms with Crippen molar-refractivity contribution in [1.29, 1.82) is 0 Å². The Kier molecular flexibility index (Phi) is 8.99. The fourth-order valence-corrected chi connectivity index (χ4v) is 9.50. The van der Waals surface area contributed by atoms with Gasteiger partial charge in [-0.2, -0.15) is 0 Å². The minimum atomic E-state index is 0.138. The molecule has 0 bridgehead atoms. The van der Waals surface area contributed by atoms with Crippen molar-refractivity contribution < 1.29 is 0 Å². The van der Waals surface area contributed by atoms with Crippen LogP contribution < -0.4 is 0 Å². The lowest BCUT2D eigenvalue weighted by atomic mass is 9.80. The summed E-state index contributed by atoms with van der Waals surface area (Å²) in [6.07, 6.45) is 2.11. The maximum absolute atomic E-state index is 3.78. The summed E-state index contributed by atoms with van der Waals surface area (Å²) in [6.45, 7) is 32.0. The van der Waals surface area contributed by atoms with Gasteiger partial charge in [0.05, 0.1) is 0 Å². The number of aryl methyl sites for hydroxylation is 2. The molecule has 0 atom stereocenters. The fourth-order valence-electron chi connectivity index (χ4n) is 7.53. The summed E-state index contributed by atoms with van der Waals surface area (Å²) < 4.78 is 2.46. The molecule has 2 aliphatic rings. The van der Waals surface area contributed by atoms with Crippen LogP contribution in [0.4, 0.5) is 0 Å². The van der Waals surface area contributed by atoms with Crippen LogP contribution in [0.2, 0.25) is 0 Å². The monoisotopic (exact) mass is 740 g/mol. The van der Waals surface area contributed by atoms with Gasteiger partial charge in [-0.1, -0.05) is 139 Å². The molecule has 0 nitrogen and oxygen atoms in total. The smallest absolute Gasteiger partial charge is 0.0215 e. The first kappa shape index (κ1) is 35.2. The summed E-state index contributed by atoms with van der Waals surface area (Å²) in [4.78, 5) is 0. The van der Waals surface area contributed by atoms with Crippen molar-refractivity contribution in [2.45, 2.75) is 131 Å². The number of hydrogen-bond acceptors (Lipinski definition) is 0. The molecule has 46 heavy (non-hydrogen) atoms. The van der Waals surface area contributed by atoms with Gasteiger partial charge in [0, 0.05) is 8.95 Å². The number of rotatable bonds is 0. The van der Waals surface area contributed by atoms with Gasteiger partial charge in [0.1, 0.15) is 0 Å². The summed E-state index contributed by atoms with van der Waals surface area (Å²) in [5, 5.41) is 0. The van der Waals surface area contributed by atoms with Crippen molar-refractivity contribution in [3.8, 4) is 22.3 Å². The van der Waals surface area contributed by atoms with Crippen molar-refractivity contribution in [3.63, 3.8) is 0 Å². The van der Waals surface area contributed by atoms with Crippen LogP contribution in [-0.4, -0.2) is 0 Å². The quantitative estimate of drug-likeness (QED) is 0.145. The van der Waals surface area contributed by atoms with E-state index in [1.54, 1.807) is 0 Å². The van der Waals surface area contributed by atoms with Crippen molar-refractivity contribution >= 4 is 31.9 Å². The Hall–Kier alpha value is -2.16. The molecule has 0 aliphatic heterocycles. The maximum Gasteiger partial charge on any atom is 0.0215 e. The molecular formula is C44H54Br2. The first-order chi connectivity index (χ1) is 21.0. The van der Waals surface area contributed by atoms with Crippen molar-refractivity contribution in [2.24, 2.45) is 0 Å². The van der Waals surface area contributed by atoms with Crippen LogP contribution >= 0.6 is 31.9 Å². The highest BCUT2D eigenvalue weighted by atomic mass is 79.9. The van der Waals surface area contributed by atoms with E-state index in [4.69, 9.17) is 0 Å². The maximum atomic E-state index is 3.78. The minimum absolute atomic E-state index is 0.138. The van der Waals surface area contributed by atoms with E-state index in [0.717, 1.165) is 12.8 Å². The zero-order valence-electron chi connectivity index (χ0n) is 30.8. The van der Waals surface area contributed by atoms with E-state index in [-0.39, 0.29) is 21.7 Å². The molecule has 2 heteroatoms. The van der Waals surface area contributed by atoms with E-state index in [1.165, 1.54) is 86.8 Å². The third-order valence-corrected chi connectivity index (χ3v) is 11.2. The van der Waals surface area contributed by atoms with Gasteiger partial charge < -0.3 is 0 Å². The van der Waals surface area contributed by atoms with E-state index in [2.05, 4.69) is 177 Å². The molecule has 4 aromatic carbocycles. The van der Waals surface area contributed by atoms with Crippen LogP contribution in [0.1, 0.15) is 139 Å². The van der Waals surface area contributed by atoms with Crippen LogP contribution in [0.15, 0.2) is 57.5 Å². The highest BCUT2D eigenvalue weighted by molar-refractivity contribution is 9.10. The van der Waals surface area contributed by atoms with Crippen molar-refractivity contribution in [1.82, 2.24) is 0 Å². The largest absolute Gasteiger partial charge is 0.0561 e. The summed E-state index contributed by atoms with van der Waals surface area (Å²) in [5.74, 6) is 0. The molecular weight excluding hydrogens is 688 g/mol. The van der Waals surface area contributed by atoms with E-state index >= 15 is 0 Å². The molecule has 6 rings (SSSR count). The molecule has 0 amide bonds. The molecule has 4 aromatic rings. The Bertz CT molecular complexity index is 1570. The van der Waals surface area contributed by atoms with E-state index in [1.807, 2.05) is 0 Å². The van der Waals surface area contributed by atoms with Crippen LogP contribution in [0.3, 0.4) is 0 Å². The molecule has 0 aromatic heterocycles. The SMILES string of the molecule is CC(C)(C)c1cc2c(cc1Br)Cc1cc(Br)c(C(C)(C)C)cc1-2.Cc1cc2c(cc1C(C)(C)C)-c1cc(C(C)(C)C)c(C)cc1C2. The molecule has 0 heterocycles. The van der Waals surface area contributed by atoms with Gasteiger partial charge in [-0.15, -0.1) is 0 Å². The topological polar surface area (TPSA) is 0 Å². The summed E-state index contributed by atoms with van der Waals surface area (Å²) in [7, 11) is 0. The Balaban J connectivity index is 0.000000181. The lowest BCUT2D eigenvalue weighted by Gasteiger charge is -2.24. The predicted octanol–water partition coefficient (Wildman–Crippen LogP) is 13.8. The number of hydrogen-bond donors (Lipinski definition) is 0. The molecule has 0 radical (unpaired) electrons. The van der Waals surface area contributed by atoms with Crippen LogP contribution in [0, 0.1) is 13.8 Å². The molecule has 244 valence electrons. The van der Waals surface area contributed by atoms with Gasteiger partial charge in [0.2, 0.25) is 0 Å². The van der Waals surface area contributed by atoms with Gasteiger partial charge in [-0.3, -0.25) is 0 Å². The van der Waals surface area contributed by atoms with Gasteiger partial charge in [-0.05, 0) is 151 Å². The molecule has 0 saturated carbocycles. The second-order valence-corrected chi connectivity index (χ2v) is 19.7.